The van der Waals surface area contributed by atoms with Crippen molar-refractivity contribution < 1.29 is 13.2 Å². The fourth-order valence-corrected chi connectivity index (χ4v) is 2.08. The molecule has 1 fully saturated rings. The summed E-state index contributed by atoms with van der Waals surface area (Å²) in [6.45, 7) is 1.68. The summed E-state index contributed by atoms with van der Waals surface area (Å²) in [6, 6.07) is 0. The summed E-state index contributed by atoms with van der Waals surface area (Å²) in [4.78, 5) is 9.24. The number of nitrogens with one attached hydrogen (secondary N) is 1. The van der Waals surface area contributed by atoms with E-state index in [4.69, 9.17) is 0 Å². The van der Waals surface area contributed by atoms with Gasteiger partial charge in [-0.3, -0.25) is 0 Å². The maximum absolute atomic E-state index is 12.3. The molecule has 0 aliphatic heterocycles. The Hall–Kier alpha value is -1.37. The molecule has 4 nitrogen and oxygen atoms in total. The molecule has 106 valence electrons. The number of aromatic nitrogens is 2. The molecule has 1 aliphatic carbocycles. The Kier molecular flexibility index (Phi) is 3.66. The molecule has 0 atom stereocenters. The monoisotopic (exact) mass is 274 g/mol. The molecule has 7 heteroatoms. The van der Waals surface area contributed by atoms with Crippen LogP contribution in [0.4, 0.5) is 19.0 Å². The lowest BCUT2D eigenvalue weighted by atomic mass is 10.1. The average Bonchev–Trinajstić information content (AvgIpc) is 3.05. The minimum atomic E-state index is -4.44. The standard InChI is InChI=1S/C12H17F3N4/c1-19(2)8-11(3-4-11)7-18-10-6-16-9(5-17-10)12(13,14)15/h5-6H,3-4,7-8H2,1-2H3,(H,17,18). The summed E-state index contributed by atoms with van der Waals surface area (Å²) < 4.78 is 37.0. The van der Waals surface area contributed by atoms with Crippen LogP contribution >= 0.6 is 0 Å². The normalized spacial score (nSPS) is 17.6. The highest BCUT2D eigenvalue weighted by molar-refractivity contribution is 5.32. The predicted molar refractivity (Wildman–Crippen MR) is 65.7 cm³/mol. The van der Waals surface area contributed by atoms with Crippen LogP contribution in [-0.2, 0) is 6.18 Å². The van der Waals surface area contributed by atoms with E-state index in [2.05, 4.69) is 20.2 Å². The first-order valence-corrected chi connectivity index (χ1v) is 6.09. The van der Waals surface area contributed by atoms with Crippen molar-refractivity contribution >= 4 is 5.82 Å². The first-order chi connectivity index (χ1) is 8.81. The number of anilines is 1. The van der Waals surface area contributed by atoms with Crippen LogP contribution in [0.15, 0.2) is 12.4 Å². The van der Waals surface area contributed by atoms with Gasteiger partial charge in [0.15, 0.2) is 5.69 Å². The summed E-state index contributed by atoms with van der Waals surface area (Å²) >= 11 is 0. The molecule has 0 unspecified atom stereocenters. The Labute approximate surface area is 110 Å². The molecule has 0 aromatic carbocycles. The predicted octanol–water partition coefficient (Wildman–Crippen LogP) is 2.25. The molecule has 0 radical (unpaired) electrons. The number of nitrogens with zero attached hydrogens (tertiary/aromatic N) is 3. The smallest absolute Gasteiger partial charge is 0.368 e. The largest absolute Gasteiger partial charge is 0.434 e. The lowest BCUT2D eigenvalue weighted by molar-refractivity contribution is -0.141. The van der Waals surface area contributed by atoms with E-state index < -0.39 is 11.9 Å². The zero-order chi connectivity index (χ0) is 14.1. The van der Waals surface area contributed by atoms with Gasteiger partial charge in [-0.05, 0) is 26.9 Å². The summed E-state index contributed by atoms with van der Waals surface area (Å²) in [5.41, 5.74) is -0.735. The number of hydrogen-bond acceptors (Lipinski definition) is 4. The lowest BCUT2D eigenvalue weighted by Crippen LogP contribution is -2.28. The number of alkyl halides is 3. The van der Waals surface area contributed by atoms with E-state index in [1.165, 1.54) is 0 Å². The van der Waals surface area contributed by atoms with Crippen molar-refractivity contribution in [2.24, 2.45) is 5.41 Å². The van der Waals surface area contributed by atoms with Gasteiger partial charge in [0, 0.05) is 18.5 Å². The molecule has 0 amide bonds. The molecule has 1 aromatic heterocycles. The van der Waals surface area contributed by atoms with Crippen molar-refractivity contribution in [2.75, 3.05) is 32.5 Å². The van der Waals surface area contributed by atoms with Crippen LogP contribution in [0.3, 0.4) is 0 Å². The second-order valence-electron chi connectivity index (χ2n) is 5.38. The van der Waals surface area contributed by atoms with Gasteiger partial charge in [-0.2, -0.15) is 13.2 Å². The second kappa shape index (κ2) is 4.96. The third-order valence-corrected chi connectivity index (χ3v) is 3.20. The van der Waals surface area contributed by atoms with Gasteiger partial charge in [0.05, 0.1) is 12.4 Å². The zero-order valence-electron chi connectivity index (χ0n) is 11.0. The third-order valence-electron chi connectivity index (χ3n) is 3.20. The fraction of sp³-hybridized carbons (Fsp3) is 0.667. The van der Waals surface area contributed by atoms with Gasteiger partial charge in [0.2, 0.25) is 0 Å². The quantitative estimate of drug-likeness (QED) is 0.894. The van der Waals surface area contributed by atoms with Crippen molar-refractivity contribution in [3.05, 3.63) is 18.1 Å². The van der Waals surface area contributed by atoms with Crippen LogP contribution < -0.4 is 5.32 Å². The van der Waals surface area contributed by atoms with E-state index in [0.29, 0.717) is 12.4 Å². The van der Waals surface area contributed by atoms with E-state index in [9.17, 15) is 13.2 Å². The molecular formula is C12H17F3N4. The van der Waals surface area contributed by atoms with E-state index in [1.807, 2.05) is 14.1 Å². The number of rotatable bonds is 5. The van der Waals surface area contributed by atoms with Crippen molar-refractivity contribution in [2.45, 2.75) is 19.0 Å². The fourth-order valence-electron chi connectivity index (χ4n) is 2.08. The lowest BCUT2D eigenvalue weighted by Gasteiger charge is -2.20. The van der Waals surface area contributed by atoms with Gasteiger partial charge in [-0.1, -0.05) is 0 Å². The third kappa shape index (κ3) is 3.79. The van der Waals surface area contributed by atoms with Crippen molar-refractivity contribution in [1.82, 2.24) is 14.9 Å². The first kappa shape index (κ1) is 14.0. The van der Waals surface area contributed by atoms with Gasteiger partial charge in [0.25, 0.3) is 0 Å². The minimum Gasteiger partial charge on any atom is -0.368 e. The second-order valence-corrected chi connectivity index (χ2v) is 5.38. The Morgan fingerprint density at radius 2 is 1.95 bits per heavy atom. The van der Waals surface area contributed by atoms with Crippen LogP contribution in [0.2, 0.25) is 0 Å². The van der Waals surface area contributed by atoms with Crippen molar-refractivity contribution in [1.29, 1.82) is 0 Å². The van der Waals surface area contributed by atoms with E-state index >= 15 is 0 Å². The molecular weight excluding hydrogens is 257 g/mol. The highest BCUT2D eigenvalue weighted by atomic mass is 19.4. The Morgan fingerprint density at radius 3 is 2.37 bits per heavy atom. The topological polar surface area (TPSA) is 41.0 Å². The molecule has 2 rings (SSSR count). The highest BCUT2D eigenvalue weighted by Crippen LogP contribution is 2.45. The van der Waals surface area contributed by atoms with Gasteiger partial charge in [-0.15, -0.1) is 0 Å². The molecule has 0 bridgehead atoms. The number of hydrogen-bond donors (Lipinski definition) is 1. The molecule has 1 aliphatic rings. The van der Waals surface area contributed by atoms with Gasteiger partial charge < -0.3 is 10.2 Å². The van der Waals surface area contributed by atoms with E-state index in [0.717, 1.165) is 31.8 Å². The molecule has 0 saturated heterocycles. The van der Waals surface area contributed by atoms with Gasteiger partial charge >= 0.3 is 6.18 Å². The van der Waals surface area contributed by atoms with Crippen LogP contribution in [0.1, 0.15) is 18.5 Å². The summed E-state index contributed by atoms with van der Waals surface area (Å²) in [6.07, 6.45) is -0.283. The Morgan fingerprint density at radius 1 is 1.26 bits per heavy atom. The molecule has 1 heterocycles. The minimum absolute atomic E-state index is 0.230. The number of halogens is 3. The summed E-state index contributed by atoms with van der Waals surface area (Å²) in [5, 5.41) is 3.06. The van der Waals surface area contributed by atoms with Crippen LogP contribution in [0.25, 0.3) is 0 Å². The molecule has 1 N–H and O–H groups in total. The molecule has 1 saturated carbocycles. The van der Waals surface area contributed by atoms with E-state index in [1.54, 1.807) is 0 Å². The van der Waals surface area contributed by atoms with Crippen molar-refractivity contribution in [3.8, 4) is 0 Å². The van der Waals surface area contributed by atoms with Gasteiger partial charge in [0.1, 0.15) is 5.82 Å². The Bertz CT molecular complexity index is 424. The molecule has 19 heavy (non-hydrogen) atoms. The maximum atomic E-state index is 12.3. The van der Waals surface area contributed by atoms with E-state index in [-0.39, 0.29) is 5.41 Å². The Balaban J connectivity index is 1.90. The summed E-state index contributed by atoms with van der Waals surface area (Å²) in [7, 11) is 4.02. The summed E-state index contributed by atoms with van der Waals surface area (Å²) in [5.74, 6) is 0.387. The first-order valence-electron chi connectivity index (χ1n) is 6.09. The van der Waals surface area contributed by atoms with Crippen LogP contribution in [0, 0.1) is 5.41 Å². The van der Waals surface area contributed by atoms with Crippen LogP contribution in [-0.4, -0.2) is 42.1 Å². The van der Waals surface area contributed by atoms with Gasteiger partial charge in [-0.25, -0.2) is 9.97 Å². The average molecular weight is 274 g/mol. The maximum Gasteiger partial charge on any atom is 0.434 e. The molecule has 1 aromatic rings. The SMILES string of the molecule is CN(C)CC1(CNc2cnc(C(F)(F)F)cn2)CC1. The van der Waals surface area contributed by atoms with Crippen LogP contribution in [0.5, 0.6) is 0 Å². The highest BCUT2D eigenvalue weighted by Gasteiger charge is 2.42. The zero-order valence-corrected chi connectivity index (χ0v) is 11.0. The van der Waals surface area contributed by atoms with Crippen molar-refractivity contribution in [3.63, 3.8) is 0 Å². The molecule has 0 spiro atoms.